The summed E-state index contributed by atoms with van der Waals surface area (Å²) in [5.74, 6) is -0.570. The predicted molar refractivity (Wildman–Crippen MR) is 115 cm³/mol. The molecular weight excluding hydrogens is 436 g/mol. The molecule has 0 aliphatic heterocycles. The second kappa shape index (κ2) is 10.6. The van der Waals surface area contributed by atoms with E-state index < -0.39 is 11.9 Å². The van der Waals surface area contributed by atoms with E-state index in [1.165, 1.54) is 0 Å². The fourth-order valence-corrected chi connectivity index (χ4v) is 3.43. The van der Waals surface area contributed by atoms with Crippen LogP contribution in [0.4, 0.5) is 5.13 Å². The molecule has 0 saturated carbocycles. The molecule has 0 fully saturated rings. The smallest absolute Gasteiger partial charge is 0.350 e. The highest BCUT2D eigenvalue weighted by Crippen LogP contribution is 2.23. The fraction of sp³-hybridized carbons (Fsp3) is 0.350. The van der Waals surface area contributed by atoms with Gasteiger partial charge >= 0.3 is 5.97 Å². The maximum Gasteiger partial charge on any atom is 0.350 e. The third kappa shape index (κ3) is 5.94. The summed E-state index contributed by atoms with van der Waals surface area (Å²) < 4.78 is 10.0. The summed E-state index contributed by atoms with van der Waals surface area (Å²) in [6.45, 7) is 5.65. The molecule has 0 spiro atoms. The van der Waals surface area contributed by atoms with Crippen LogP contribution in [0.25, 0.3) is 11.5 Å². The van der Waals surface area contributed by atoms with Crippen LogP contribution in [0, 0.1) is 13.8 Å². The maximum atomic E-state index is 12.4. The van der Waals surface area contributed by atoms with Crippen LogP contribution in [0.3, 0.4) is 0 Å². The molecule has 2 N–H and O–H groups in total. The van der Waals surface area contributed by atoms with Crippen LogP contribution in [-0.2, 0) is 9.53 Å². The third-order valence-corrected chi connectivity index (χ3v) is 5.09. The number of esters is 1. The van der Waals surface area contributed by atoms with Gasteiger partial charge in [-0.25, -0.2) is 14.8 Å². The minimum Gasteiger partial charge on any atom is -0.461 e. The summed E-state index contributed by atoms with van der Waals surface area (Å²) in [7, 11) is 0. The van der Waals surface area contributed by atoms with Gasteiger partial charge in [0.05, 0.1) is 12.3 Å². The van der Waals surface area contributed by atoms with Gasteiger partial charge in [-0.05, 0) is 25.5 Å². The van der Waals surface area contributed by atoms with Crippen molar-refractivity contribution in [2.45, 2.75) is 33.6 Å². The highest BCUT2D eigenvalue weighted by molar-refractivity contribution is 7.17. The van der Waals surface area contributed by atoms with E-state index in [4.69, 9.17) is 9.26 Å². The zero-order chi connectivity index (χ0) is 23.1. The first-order valence-electron chi connectivity index (χ1n) is 9.87. The zero-order valence-corrected chi connectivity index (χ0v) is 18.6. The molecule has 0 aliphatic carbocycles. The van der Waals surface area contributed by atoms with Gasteiger partial charge in [0.2, 0.25) is 17.6 Å². The monoisotopic (exact) mass is 458 g/mol. The van der Waals surface area contributed by atoms with Crippen LogP contribution in [0.2, 0.25) is 0 Å². The van der Waals surface area contributed by atoms with Gasteiger partial charge < -0.3 is 19.9 Å². The van der Waals surface area contributed by atoms with Crippen molar-refractivity contribution in [2.75, 3.05) is 18.5 Å². The molecule has 11 nitrogen and oxygen atoms in total. The molecule has 3 aromatic heterocycles. The van der Waals surface area contributed by atoms with Crippen molar-refractivity contribution < 1.29 is 23.6 Å². The molecule has 0 aromatic carbocycles. The number of hydrogen-bond acceptors (Lipinski definition) is 10. The standard InChI is InChI=1S/C20H22N6O5S/c1-4-10-30-19(29)16-11(2)22-20(32-16)25-15(27)8-9-21-18(28)14-7-5-6-13(24-14)17-23-12(3)31-26-17/h5-7H,4,8-10H2,1-3H3,(H,21,28)(H,22,25,27). The molecule has 0 unspecified atom stereocenters. The van der Waals surface area contributed by atoms with Crippen molar-refractivity contribution in [3.8, 4) is 11.5 Å². The average molecular weight is 459 g/mol. The predicted octanol–water partition coefficient (Wildman–Crippen LogP) is 2.53. The van der Waals surface area contributed by atoms with Crippen molar-refractivity contribution in [1.29, 1.82) is 0 Å². The zero-order valence-electron chi connectivity index (χ0n) is 17.8. The molecule has 2 amide bonds. The highest BCUT2D eigenvalue weighted by Gasteiger charge is 2.18. The number of pyridine rings is 1. The Kier molecular flexibility index (Phi) is 7.60. The number of carbonyl (C=O) groups excluding carboxylic acids is 3. The van der Waals surface area contributed by atoms with Crippen LogP contribution in [0.15, 0.2) is 22.7 Å². The molecule has 0 atom stereocenters. The Morgan fingerprint density at radius 1 is 1.16 bits per heavy atom. The number of thiazole rings is 1. The first-order chi connectivity index (χ1) is 15.4. The Morgan fingerprint density at radius 2 is 1.97 bits per heavy atom. The molecule has 3 rings (SSSR count). The SMILES string of the molecule is CCCOC(=O)c1sc(NC(=O)CCNC(=O)c2cccc(-c3noc(C)n3)n2)nc1C. The number of hydrogen-bond donors (Lipinski definition) is 2. The average Bonchev–Trinajstić information content (AvgIpc) is 3.37. The van der Waals surface area contributed by atoms with Gasteiger partial charge in [0.1, 0.15) is 16.3 Å². The lowest BCUT2D eigenvalue weighted by molar-refractivity contribution is -0.116. The number of ether oxygens (including phenoxy) is 1. The van der Waals surface area contributed by atoms with E-state index >= 15 is 0 Å². The van der Waals surface area contributed by atoms with Crippen LogP contribution in [-0.4, -0.2) is 51.0 Å². The molecule has 168 valence electrons. The molecule has 0 radical (unpaired) electrons. The Balaban J connectivity index is 1.50. The van der Waals surface area contributed by atoms with Crippen molar-refractivity contribution in [2.24, 2.45) is 0 Å². The first-order valence-corrected chi connectivity index (χ1v) is 10.7. The van der Waals surface area contributed by atoms with Crippen LogP contribution >= 0.6 is 11.3 Å². The molecule has 0 bridgehead atoms. The quantitative estimate of drug-likeness (QED) is 0.461. The second-order valence-electron chi connectivity index (χ2n) is 6.67. The van der Waals surface area contributed by atoms with E-state index in [0.717, 1.165) is 17.8 Å². The van der Waals surface area contributed by atoms with Crippen LogP contribution in [0.1, 0.15) is 51.5 Å². The van der Waals surface area contributed by atoms with Crippen molar-refractivity contribution >= 4 is 34.3 Å². The number of carbonyl (C=O) groups is 3. The number of anilines is 1. The summed E-state index contributed by atoms with van der Waals surface area (Å²) in [6, 6.07) is 4.86. The van der Waals surface area contributed by atoms with Gasteiger partial charge in [0.15, 0.2) is 5.13 Å². The van der Waals surface area contributed by atoms with Crippen LogP contribution < -0.4 is 10.6 Å². The largest absolute Gasteiger partial charge is 0.461 e. The van der Waals surface area contributed by atoms with Gasteiger partial charge in [-0.15, -0.1) is 0 Å². The molecule has 3 aromatic rings. The summed E-state index contributed by atoms with van der Waals surface area (Å²) in [5, 5.41) is 9.34. The number of nitrogens with one attached hydrogen (secondary N) is 2. The molecule has 3 heterocycles. The Bertz CT molecular complexity index is 1130. The first kappa shape index (κ1) is 23.0. The Labute approximate surface area is 187 Å². The van der Waals surface area contributed by atoms with Gasteiger partial charge in [0, 0.05) is 19.9 Å². The normalized spacial score (nSPS) is 10.6. The molecule has 0 aliphatic rings. The van der Waals surface area contributed by atoms with Gasteiger partial charge in [-0.1, -0.05) is 29.5 Å². The summed E-state index contributed by atoms with van der Waals surface area (Å²) in [5.41, 5.74) is 1.05. The van der Waals surface area contributed by atoms with Gasteiger partial charge in [0.25, 0.3) is 5.91 Å². The Hall–Kier alpha value is -3.67. The summed E-state index contributed by atoms with van der Waals surface area (Å²) in [4.78, 5) is 49.4. The lowest BCUT2D eigenvalue weighted by Crippen LogP contribution is -2.28. The lowest BCUT2D eigenvalue weighted by Gasteiger charge is -2.05. The van der Waals surface area contributed by atoms with E-state index in [2.05, 4.69) is 30.7 Å². The second-order valence-corrected chi connectivity index (χ2v) is 7.67. The summed E-state index contributed by atoms with van der Waals surface area (Å²) in [6.07, 6.45) is 0.735. The molecule has 0 saturated heterocycles. The lowest BCUT2D eigenvalue weighted by atomic mass is 10.2. The van der Waals surface area contributed by atoms with E-state index in [9.17, 15) is 14.4 Å². The minimum absolute atomic E-state index is 0.0176. The highest BCUT2D eigenvalue weighted by atomic mass is 32.1. The van der Waals surface area contributed by atoms with E-state index in [1.807, 2.05) is 6.92 Å². The third-order valence-electron chi connectivity index (χ3n) is 4.04. The van der Waals surface area contributed by atoms with Crippen LogP contribution in [0.5, 0.6) is 0 Å². The molecule has 32 heavy (non-hydrogen) atoms. The number of aryl methyl sites for hydroxylation is 2. The van der Waals surface area contributed by atoms with Gasteiger partial charge in [-0.3, -0.25) is 9.59 Å². The van der Waals surface area contributed by atoms with E-state index in [1.54, 1.807) is 32.0 Å². The number of amides is 2. The fourth-order valence-electron chi connectivity index (χ4n) is 2.55. The van der Waals surface area contributed by atoms with E-state index in [-0.39, 0.29) is 30.4 Å². The maximum absolute atomic E-state index is 12.4. The number of nitrogens with zero attached hydrogens (tertiary/aromatic N) is 4. The number of rotatable bonds is 9. The van der Waals surface area contributed by atoms with E-state index in [0.29, 0.717) is 33.9 Å². The topological polar surface area (TPSA) is 149 Å². The van der Waals surface area contributed by atoms with Crippen molar-refractivity contribution in [3.63, 3.8) is 0 Å². The molecular formula is C20H22N6O5S. The van der Waals surface area contributed by atoms with Crippen molar-refractivity contribution in [3.05, 3.63) is 40.4 Å². The Morgan fingerprint density at radius 3 is 2.69 bits per heavy atom. The summed E-state index contributed by atoms with van der Waals surface area (Å²) >= 11 is 1.05. The minimum atomic E-state index is -0.458. The van der Waals surface area contributed by atoms with Gasteiger partial charge in [-0.2, -0.15) is 4.98 Å². The van der Waals surface area contributed by atoms with Crippen molar-refractivity contribution in [1.82, 2.24) is 25.4 Å². The molecule has 12 heteroatoms. The number of aromatic nitrogens is 4.